The molecule has 134 valence electrons. The van der Waals surface area contributed by atoms with Crippen molar-refractivity contribution in [2.24, 2.45) is 0 Å². The molecule has 0 unspecified atom stereocenters. The van der Waals surface area contributed by atoms with Crippen molar-refractivity contribution in [1.29, 1.82) is 0 Å². The second-order valence-corrected chi connectivity index (χ2v) is 7.05. The van der Waals surface area contributed by atoms with E-state index in [0.717, 1.165) is 23.4 Å². The Labute approximate surface area is 154 Å². The number of amides is 1. The van der Waals surface area contributed by atoms with Crippen molar-refractivity contribution >= 4 is 17.2 Å². The second kappa shape index (κ2) is 6.91. The summed E-state index contributed by atoms with van der Waals surface area (Å²) in [4.78, 5) is 32.4. The standard InChI is InChI=1S/C17H18N6O2S/c1-3-13-21-16(22-25-13)12-6-18-8-19-14(12)11-4-5-23(7-11)17(24)15-10(2)20-9-26-15/h6,8-9,11H,3-5,7H2,1-2H3/t11-/m1/s1. The zero-order valence-corrected chi connectivity index (χ0v) is 15.4. The van der Waals surface area contributed by atoms with E-state index in [9.17, 15) is 4.79 Å². The lowest BCUT2D eigenvalue weighted by molar-refractivity contribution is 0.0794. The Kier molecular flexibility index (Phi) is 4.46. The van der Waals surface area contributed by atoms with Gasteiger partial charge in [-0.25, -0.2) is 15.0 Å². The number of carbonyl (C=O) groups is 1. The Morgan fingerprint density at radius 2 is 2.31 bits per heavy atom. The predicted octanol–water partition coefficient (Wildman–Crippen LogP) is 2.48. The number of aryl methyl sites for hydroxylation is 2. The molecule has 0 radical (unpaired) electrons. The third kappa shape index (κ3) is 2.98. The summed E-state index contributed by atoms with van der Waals surface area (Å²) in [6, 6.07) is 0. The molecule has 1 saturated heterocycles. The molecule has 3 aromatic rings. The molecule has 1 fully saturated rings. The van der Waals surface area contributed by atoms with E-state index in [1.807, 2.05) is 18.7 Å². The van der Waals surface area contributed by atoms with Crippen LogP contribution < -0.4 is 0 Å². The summed E-state index contributed by atoms with van der Waals surface area (Å²) in [5, 5.41) is 4.04. The Morgan fingerprint density at radius 1 is 1.42 bits per heavy atom. The van der Waals surface area contributed by atoms with Gasteiger partial charge in [-0.05, 0) is 13.3 Å². The van der Waals surface area contributed by atoms with Crippen LogP contribution in [0.2, 0.25) is 0 Å². The van der Waals surface area contributed by atoms with E-state index in [-0.39, 0.29) is 11.8 Å². The van der Waals surface area contributed by atoms with Crippen molar-refractivity contribution in [2.75, 3.05) is 13.1 Å². The summed E-state index contributed by atoms with van der Waals surface area (Å²) in [5.41, 5.74) is 4.12. The van der Waals surface area contributed by atoms with Gasteiger partial charge in [-0.3, -0.25) is 4.79 Å². The van der Waals surface area contributed by atoms with Gasteiger partial charge in [0.25, 0.3) is 5.91 Å². The second-order valence-electron chi connectivity index (χ2n) is 6.19. The molecule has 4 rings (SSSR count). The fraction of sp³-hybridized carbons (Fsp3) is 0.412. The number of likely N-dealkylation sites (tertiary alicyclic amines) is 1. The van der Waals surface area contributed by atoms with E-state index >= 15 is 0 Å². The summed E-state index contributed by atoms with van der Waals surface area (Å²) in [7, 11) is 0. The highest BCUT2D eigenvalue weighted by molar-refractivity contribution is 7.11. The topological polar surface area (TPSA) is 97.9 Å². The molecular weight excluding hydrogens is 352 g/mol. The molecule has 1 aliphatic rings. The van der Waals surface area contributed by atoms with E-state index in [2.05, 4.69) is 25.1 Å². The maximum atomic E-state index is 12.7. The van der Waals surface area contributed by atoms with Gasteiger partial charge < -0.3 is 9.42 Å². The number of thiazole rings is 1. The van der Waals surface area contributed by atoms with Gasteiger partial charge in [0.1, 0.15) is 11.2 Å². The van der Waals surface area contributed by atoms with E-state index in [1.165, 1.54) is 17.7 Å². The third-order valence-corrected chi connectivity index (χ3v) is 5.47. The minimum atomic E-state index is 0.0379. The van der Waals surface area contributed by atoms with Crippen molar-refractivity contribution in [3.8, 4) is 11.4 Å². The number of rotatable bonds is 4. The lowest BCUT2D eigenvalue weighted by Gasteiger charge is -2.16. The Hall–Kier alpha value is -2.68. The van der Waals surface area contributed by atoms with Crippen LogP contribution in [0.25, 0.3) is 11.4 Å². The van der Waals surface area contributed by atoms with Gasteiger partial charge in [0.05, 0.1) is 22.5 Å². The summed E-state index contributed by atoms with van der Waals surface area (Å²) < 4.78 is 5.22. The lowest BCUT2D eigenvalue weighted by Crippen LogP contribution is -2.28. The minimum absolute atomic E-state index is 0.0379. The molecular formula is C17H18N6O2S. The van der Waals surface area contributed by atoms with Crippen LogP contribution in [0.1, 0.15) is 46.2 Å². The minimum Gasteiger partial charge on any atom is -0.339 e. The van der Waals surface area contributed by atoms with Gasteiger partial charge in [-0.15, -0.1) is 11.3 Å². The van der Waals surface area contributed by atoms with Crippen LogP contribution in [0.3, 0.4) is 0 Å². The predicted molar refractivity (Wildman–Crippen MR) is 94.8 cm³/mol. The van der Waals surface area contributed by atoms with Gasteiger partial charge in [-0.1, -0.05) is 12.1 Å². The molecule has 0 bridgehead atoms. The first-order valence-corrected chi connectivity index (χ1v) is 9.37. The highest BCUT2D eigenvalue weighted by Crippen LogP contribution is 2.32. The van der Waals surface area contributed by atoms with Crippen molar-refractivity contribution in [3.05, 3.63) is 40.2 Å². The summed E-state index contributed by atoms with van der Waals surface area (Å²) in [6.45, 7) is 5.12. The van der Waals surface area contributed by atoms with Crippen LogP contribution in [0.15, 0.2) is 22.6 Å². The number of hydrogen-bond donors (Lipinski definition) is 0. The molecule has 8 nitrogen and oxygen atoms in total. The van der Waals surface area contributed by atoms with Crippen LogP contribution in [0.5, 0.6) is 0 Å². The Balaban J connectivity index is 1.58. The van der Waals surface area contributed by atoms with E-state index < -0.39 is 0 Å². The lowest BCUT2D eigenvalue weighted by atomic mass is 10.00. The molecule has 1 amide bonds. The highest BCUT2D eigenvalue weighted by atomic mass is 32.1. The average molecular weight is 370 g/mol. The van der Waals surface area contributed by atoms with Gasteiger partial charge >= 0.3 is 0 Å². The van der Waals surface area contributed by atoms with E-state index in [0.29, 0.717) is 36.1 Å². The first kappa shape index (κ1) is 16.8. The zero-order chi connectivity index (χ0) is 18.1. The van der Waals surface area contributed by atoms with Gasteiger partial charge in [0.15, 0.2) is 0 Å². The Morgan fingerprint density at radius 3 is 3.04 bits per heavy atom. The molecule has 0 saturated carbocycles. The molecule has 0 N–H and O–H groups in total. The highest BCUT2D eigenvalue weighted by Gasteiger charge is 2.32. The van der Waals surface area contributed by atoms with Crippen LogP contribution >= 0.6 is 11.3 Å². The SMILES string of the molecule is CCc1nc(-c2cncnc2[C@@H]2CCN(C(=O)c3scnc3C)C2)no1. The molecule has 4 heterocycles. The van der Waals surface area contributed by atoms with Crippen molar-refractivity contribution in [1.82, 2.24) is 30.0 Å². The maximum absolute atomic E-state index is 12.7. The summed E-state index contributed by atoms with van der Waals surface area (Å²) >= 11 is 1.39. The third-order valence-electron chi connectivity index (χ3n) is 4.56. The fourth-order valence-electron chi connectivity index (χ4n) is 3.16. The van der Waals surface area contributed by atoms with Crippen LogP contribution in [0.4, 0.5) is 0 Å². The van der Waals surface area contributed by atoms with Gasteiger partial charge in [-0.2, -0.15) is 4.98 Å². The zero-order valence-electron chi connectivity index (χ0n) is 14.5. The largest absolute Gasteiger partial charge is 0.339 e. The first-order chi connectivity index (χ1) is 12.7. The molecule has 1 atom stereocenters. The molecule has 3 aromatic heterocycles. The smallest absolute Gasteiger partial charge is 0.265 e. The molecule has 0 spiro atoms. The molecule has 0 aliphatic carbocycles. The van der Waals surface area contributed by atoms with Crippen LogP contribution in [-0.2, 0) is 6.42 Å². The number of aromatic nitrogens is 5. The van der Waals surface area contributed by atoms with Crippen molar-refractivity contribution in [3.63, 3.8) is 0 Å². The first-order valence-electron chi connectivity index (χ1n) is 8.49. The number of nitrogens with zero attached hydrogens (tertiary/aromatic N) is 6. The van der Waals surface area contributed by atoms with E-state index in [4.69, 9.17) is 4.52 Å². The number of carbonyl (C=O) groups excluding carboxylic acids is 1. The quantitative estimate of drug-likeness (QED) is 0.696. The fourth-order valence-corrected chi connectivity index (χ4v) is 3.93. The molecule has 1 aliphatic heterocycles. The van der Waals surface area contributed by atoms with Crippen molar-refractivity contribution < 1.29 is 9.32 Å². The monoisotopic (exact) mass is 370 g/mol. The molecule has 9 heteroatoms. The maximum Gasteiger partial charge on any atom is 0.265 e. The Bertz CT molecular complexity index is 937. The summed E-state index contributed by atoms with van der Waals surface area (Å²) in [5.74, 6) is 1.24. The number of hydrogen-bond acceptors (Lipinski definition) is 8. The van der Waals surface area contributed by atoms with Crippen molar-refractivity contribution in [2.45, 2.75) is 32.6 Å². The summed E-state index contributed by atoms with van der Waals surface area (Å²) in [6.07, 6.45) is 4.75. The van der Waals surface area contributed by atoms with Gasteiger partial charge in [0.2, 0.25) is 11.7 Å². The van der Waals surface area contributed by atoms with Gasteiger partial charge in [0, 0.05) is 31.6 Å². The van der Waals surface area contributed by atoms with Crippen LogP contribution in [-0.4, -0.2) is 49.0 Å². The average Bonchev–Trinajstić information content (AvgIpc) is 3.41. The molecule has 26 heavy (non-hydrogen) atoms. The normalized spacial score (nSPS) is 17.0. The van der Waals surface area contributed by atoms with E-state index in [1.54, 1.807) is 11.7 Å². The van der Waals surface area contributed by atoms with Crippen LogP contribution in [0, 0.1) is 6.92 Å². The molecule has 0 aromatic carbocycles.